The molecule has 1 heterocycles. The molecule has 5 nitrogen and oxygen atoms in total. The van der Waals surface area contributed by atoms with Crippen LogP contribution in [0.15, 0.2) is 77.4 Å². The molecular weight excluding hydrogens is 400 g/mol. The van der Waals surface area contributed by atoms with Crippen LogP contribution in [0.5, 0.6) is 0 Å². The van der Waals surface area contributed by atoms with Gasteiger partial charge in [0.1, 0.15) is 11.8 Å². The molecule has 0 bridgehead atoms. The van der Waals surface area contributed by atoms with E-state index < -0.39 is 6.04 Å². The fraction of sp³-hybridized carbons (Fsp3) is 0.250. The number of hydrogen-bond acceptors (Lipinski definition) is 3. The van der Waals surface area contributed by atoms with E-state index in [1.54, 1.807) is 35.4 Å². The Labute approximate surface area is 181 Å². The largest absolute Gasteiger partial charge is 0.467 e. The third-order valence-corrected chi connectivity index (χ3v) is 4.99. The predicted molar refractivity (Wildman–Crippen MR) is 117 cm³/mol. The number of furan rings is 1. The van der Waals surface area contributed by atoms with Gasteiger partial charge in [0.15, 0.2) is 0 Å². The van der Waals surface area contributed by atoms with Crippen LogP contribution in [-0.2, 0) is 22.7 Å². The first-order valence-electron chi connectivity index (χ1n) is 9.97. The summed E-state index contributed by atoms with van der Waals surface area (Å²) in [5, 5.41) is 3.53. The maximum Gasteiger partial charge on any atom is 0.247 e. The number of hydrogen-bond donors (Lipinski definition) is 1. The SMILES string of the molecule is CCCC(=O)N(Cc1ccc(Cl)cc1)[C@@H](C(=O)NCc1ccco1)c1ccccc1. The molecule has 0 aliphatic heterocycles. The Bertz CT molecular complexity index is 940. The van der Waals surface area contributed by atoms with Crippen molar-refractivity contribution in [3.63, 3.8) is 0 Å². The summed E-state index contributed by atoms with van der Waals surface area (Å²) in [6.07, 6.45) is 2.63. The van der Waals surface area contributed by atoms with E-state index in [0.717, 1.165) is 11.1 Å². The van der Waals surface area contributed by atoms with Crippen LogP contribution in [0.2, 0.25) is 5.02 Å². The second-order valence-electron chi connectivity index (χ2n) is 7.01. The summed E-state index contributed by atoms with van der Waals surface area (Å²) < 4.78 is 5.31. The Morgan fingerprint density at radius 2 is 1.77 bits per heavy atom. The summed E-state index contributed by atoms with van der Waals surface area (Å²) in [6.45, 7) is 2.52. The van der Waals surface area contributed by atoms with E-state index in [-0.39, 0.29) is 18.4 Å². The average molecular weight is 425 g/mol. The van der Waals surface area contributed by atoms with Gasteiger partial charge in [0.05, 0.1) is 12.8 Å². The van der Waals surface area contributed by atoms with Gasteiger partial charge in [-0.25, -0.2) is 0 Å². The molecule has 0 unspecified atom stereocenters. The Morgan fingerprint density at radius 3 is 2.40 bits per heavy atom. The van der Waals surface area contributed by atoms with Crippen molar-refractivity contribution >= 4 is 23.4 Å². The van der Waals surface area contributed by atoms with Gasteiger partial charge in [-0.2, -0.15) is 0 Å². The number of rotatable bonds is 9. The van der Waals surface area contributed by atoms with E-state index in [1.807, 2.05) is 49.4 Å². The number of nitrogens with one attached hydrogen (secondary N) is 1. The Balaban J connectivity index is 1.91. The Hall–Kier alpha value is -3.05. The zero-order valence-corrected chi connectivity index (χ0v) is 17.6. The van der Waals surface area contributed by atoms with Gasteiger partial charge < -0.3 is 14.6 Å². The smallest absolute Gasteiger partial charge is 0.247 e. The lowest BCUT2D eigenvalue weighted by Crippen LogP contribution is -2.43. The minimum absolute atomic E-state index is 0.0746. The van der Waals surface area contributed by atoms with Gasteiger partial charge in [0.2, 0.25) is 11.8 Å². The second-order valence-corrected chi connectivity index (χ2v) is 7.44. The molecule has 2 aromatic carbocycles. The topological polar surface area (TPSA) is 62.6 Å². The molecule has 156 valence electrons. The molecule has 3 aromatic rings. The minimum atomic E-state index is -0.754. The number of amides is 2. The second kappa shape index (κ2) is 10.6. The van der Waals surface area contributed by atoms with Gasteiger partial charge in [-0.15, -0.1) is 0 Å². The van der Waals surface area contributed by atoms with Crippen LogP contribution in [0.25, 0.3) is 0 Å². The fourth-order valence-electron chi connectivity index (χ4n) is 3.26. The number of benzene rings is 2. The molecule has 0 radical (unpaired) electrons. The van der Waals surface area contributed by atoms with Crippen LogP contribution in [0, 0.1) is 0 Å². The molecule has 0 spiro atoms. The first kappa shape index (κ1) is 21.7. The lowest BCUT2D eigenvalue weighted by Gasteiger charge is -2.31. The molecule has 1 atom stereocenters. The highest BCUT2D eigenvalue weighted by molar-refractivity contribution is 6.30. The van der Waals surface area contributed by atoms with Crippen molar-refractivity contribution in [2.75, 3.05) is 0 Å². The zero-order valence-electron chi connectivity index (χ0n) is 16.9. The lowest BCUT2D eigenvalue weighted by molar-refractivity contribution is -0.141. The number of halogens is 1. The van der Waals surface area contributed by atoms with Crippen LogP contribution in [0.4, 0.5) is 0 Å². The van der Waals surface area contributed by atoms with E-state index in [2.05, 4.69) is 5.32 Å². The van der Waals surface area contributed by atoms with Crippen LogP contribution in [-0.4, -0.2) is 16.7 Å². The monoisotopic (exact) mass is 424 g/mol. The zero-order chi connectivity index (χ0) is 21.3. The summed E-state index contributed by atoms with van der Waals surface area (Å²) in [5.41, 5.74) is 1.66. The highest BCUT2D eigenvalue weighted by atomic mass is 35.5. The summed E-state index contributed by atoms with van der Waals surface area (Å²) in [7, 11) is 0. The number of carbonyl (C=O) groups is 2. The standard InChI is InChI=1S/C24H25ClN2O3/c1-2-7-22(28)27(17-18-11-13-20(25)14-12-18)23(19-8-4-3-5-9-19)24(29)26-16-21-10-6-15-30-21/h3-6,8-15,23H,2,7,16-17H2,1H3,(H,26,29)/t23-/m1/s1. The van der Waals surface area contributed by atoms with Crippen molar-refractivity contribution in [1.82, 2.24) is 10.2 Å². The van der Waals surface area contributed by atoms with E-state index in [9.17, 15) is 9.59 Å². The van der Waals surface area contributed by atoms with Crippen molar-refractivity contribution in [2.24, 2.45) is 0 Å². The lowest BCUT2D eigenvalue weighted by atomic mass is 10.0. The molecular formula is C24H25ClN2O3. The molecule has 6 heteroatoms. The van der Waals surface area contributed by atoms with E-state index in [0.29, 0.717) is 30.2 Å². The van der Waals surface area contributed by atoms with Gasteiger partial charge in [-0.05, 0) is 41.8 Å². The fourth-order valence-corrected chi connectivity index (χ4v) is 3.39. The molecule has 1 N–H and O–H groups in total. The van der Waals surface area contributed by atoms with E-state index in [4.69, 9.17) is 16.0 Å². The Morgan fingerprint density at radius 1 is 1.03 bits per heavy atom. The van der Waals surface area contributed by atoms with Gasteiger partial charge in [0.25, 0.3) is 0 Å². The van der Waals surface area contributed by atoms with Crippen molar-refractivity contribution in [3.8, 4) is 0 Å². The molecule has 0 aliphatic rings. The summed E-state index contributed by atoms with van der Waals surface area (Å²) in [5.74, 6) is 0.324. The molecule has 0 saturated heterocycles. The van der Waals surface area contributed by atoms with Gasteiger partial charge in [-0.1, -0.05) is 61.0 Å². The normalized spacial score (nSPS) is 11.7. The molecule has 0 fully saturated rings. The molecule has 0 saturated carbocycles. The van der Waals surface area contributed by atoms with Crippen LogP contribution in [0.3, 0.4) is 0 Å². The Kier molecular flexibility index (Phi) is 7.69. The molecule has 2 amide bonds. The van der Waals surface area contributed by atoms with E-state index >= 15 is 0 Å². The van der Waals surface area contributed by atoms with Crippen LogP contribution >= 0.6 is 11.6 Å². The third-order valence-electron chi connectivity index (χ3n) is 4.74. The highest BCUT2D eigenvalue weighted by Crippen LogP contribution is 2.25. The quantitative estimate of drug-likeness (QED) is 0.518. The number of carbonyl (C=O) groups excluding carboxylic acids is 2. The first-order valence-corrected chi connectivity index (χ1v) is 10.3. The molecule has 0 aliphatic carbocycles. The summed E-state index contributed by atoms with van der Waals surface area (Å²) in [6, 6.07) is 19.5. The van der Waals surface area contributed by atoms with Crippen LogP contribution < -0.4 is 5.32 Å². The predicted octanol–water partition coefficient (Wildman–Crippen LogP) is 5.12. The maximum absolute atomic E-state index is 13.3. The van der Waals surface area contributed by atoms with Crippen molar-refractivity contribution in [1.29, 1.82) is 0 Å². The summed E-state index contributed by atoms with van der Waals surface area (Å²) in [4.78, 5) is 28.0. The first-order chi connectivity index (χ1) is 14.6. The minimum Gasteiger partial charge on any atom is -0.467 e. The van der Waals surface area contributed by atoms with Crippen molar-refractivity contribution in [3.05, 3.63) is 94.9 Å². The molecule has 30 heavy (non-hydrogen) atoms. The number of nitrogens with zero attached hydrogens (tertiary/aromatic N) is 1. The van der Waals surface area contributed by atoms with Gasteiger partial charge >= 0.3 is 0 Å². The van der Waals surface area contributed by atoms with Crippen molar-refractivity contribution < 1.29 is 14.0 Å². The third kappa shape index (κ3) is 5.74. The molecule has 1 aromatic heterocycles. The van der Waals surface area contributed by atoms with Gasteiger partial charge in [0, 0.05) is 18.0 Å². The maximum atomic E-state index is 13.3. The van der Waals surface area contributed by atoms with Crippen LogP contribution in [0.1, 0.15) is 42.7 Å². The summed E-state index contributed by atoms with van der Waals surface area (Å²) >= 11 is 6.01. The highest BCUT2D eigenvalue weighted by Gasteiger charge is 2.31. The van der Waals surface area contributed by atoms with Crippen molar-refractivity contribution in [2.45, 2.75) is 38.9 Å². The molecule has 3 rings (SSSR count). The van der Waals surface area contributed by atoms with Gasteiger partial charge in [-0.3, -0.25) is 9.59 Å². The van der Waals surface area contributed by atoms with E-state index in [1.165, 1.54) is 0 Å². The average Bonchev–Trinajstić information content (AvgIpc) is 3.28.